The number of Topliss-reactive ketones (excluding diaryl/α,β-unsaturated/α-hetero) is 1. The third-order valence-electron chi connectivity index (χ3n) is 2.05. The van der Waals surface area contributed by atoms with Gasteiger partial charge in [0, 0.05) is 5.56 Å². The van der Waals surface area contributed by atoms with Gasteiger partial charge < -0.3 is 10.4 Å². The number of rotatable bonds is 0. The predicted octanol–water partition coefficient (Wildman–Crippen LogP) is 0.165. The summed E-state index contributed by atoms with van der Waals surface area (Å²) in [6, 6.07) is 4.97. The van der Waals surface area contributed by atoms with E-state index in [0.717, 1.165) is 0 Å². The standard InChI is InChI=1S/C11H7NO3/c13-6-2-4-7-3-1-5-8-9(7)10(14)11(15)12-8/h1,3,5,13H,6H2,(H,12,14,15). The minimum Gasteiger partial charge on any atom is -0.384 e. The molecule has 0 fully saturated rings. The van der Waals surface area contributed by atoms with Crippen molar-refractivity contribution in [2.75, 3.05) is 11.9 Å². The summed E-state index contributed by atoms with van der Waals surface area (Å²) < 4.78 is 0. The molecule has 0 bridgehead atoms. The van der Waals surface area contributed by atoms with Crippen LogP contribution in [0, 0.1) is 11.8 Å². The summed E-state index contributed by atoms with van der Waals surface area (Å²) in [5.41, 5.74) is 1.24. The predicted molar refractivity (Wildman–Crippen MR) is 53.4 cm³/mol. The van der Waals surface area contributed by atoms with Crippen LogP contribution in [-0.4, -0.2) is 23.4 Å². The number of nitrogens with one attached hydrogen (secondary N) is 1. The van der Waals surface area contributed by atoms with Crippen molar-refractivity contribution in [1.29, 1.82) is 0 Å². The maximum atomic E-state index is 11.4. The van der Waals surface area contributed by atoms with Crippen molar-refractivity contribution >= 4 is 17.4 Å². The molecular formula is C11H7NO3. The average Bonchev–Trinajstić information content (AvgIpc) is 2.53. The second kappa shape index (κ2) is 3.56. The molecule has 0 radical (unpaired) electrons. The van der Waals surface area contributed by atoms with Gasteiger partial charge in [0.2, 0.25) is 0 Å². The van der Waals surface area contributed by atoms with E-state index in [-0.39, 0.29) is 6.61 Å². The number of ketones is 1. The maximum Gasteiger partial charge on any atom is 0.296 e. The largest absolute Gasteiger partial charge is 0.384 e. The molecule has 1 amide bonds. The molecular weight excluding hydrogens is 194 g/mol. The van der Waals surface area contributed by atoms with Gasteiger partial charge in [0.05, 0.1) is 11.3 Å². The monoisotopic (exact) mass is 201 g/mol. The molecule has 4 heteroatoms. The summed E-state index contributed by atoms with van der Waals surface area (Å²) in [5.74, 6) is 3.86. The zero-order chi connectivity index (χ0) is 10.8. The van der Waals surface area contributed by atoms with E-state index in [1.54, 1.807) is 18.2 Å². The fourth-order valence-electron chi connectivity index (χ4n) is 1.43. The molecule has 0 saturated carbocycles. The number of benzene rings is 1. The Morgan fingerprint density at radius 2 is 2.13 bits per heavy atom. The van der Waals surface area contributed by atoms with Crippen LogP contribution in [0.4, 0.5) is 5.69 Å². The van der Waals surface area contributed by atoms with E-state index in [9.17, 15) is 9.59 Å². The van der Waals surface area contributed by atoms with Crippen molar-refractivity contribution in [1.82, 2.24) is 0 Å². The van der Waals surface area contributed by atoms with Gasteiger partial charge in [-0.15, -0.1) is 0 Å². The second-order valence-electron chi connectivity index (χ2n) is 2.97. The first kappa shape index (κ1) is 9.44. The third kappa shape index (κ3) is 1.49. The van der Waals surface area contributed by atoms with Crippen molar-refractivity contribution in [3.05, 3.63) is 29.3 Å². The van der Waals surface area contributed by atoms with E-state index in [1.807, 2.05) is 0 Å². The summed E-state index contributed by atoms with van der Waals surface area (Å²) in [6.45, 7) is -0.279. The van der Waals surface area contributed by atoms with Crippen LogP contribution in [0.3, 0.4) is 0 Å². The molecule has 74 valence electrons. The SMILES string of the molecule is O=C1Nc2cccc(C#CCO)c2C1=O. The zero-order valence-electron chi connectivity index (χ0n) is 7.70. The molecule has 1 heterocycles. The highest BCUT2D eigenvalue weighted by molar-refractivity contribution is 6.52. The van der Waals surface area contributed by atoms with Crippen LogP contribution in [0.1, 0.15) is 15.9 Å². The Bertz CT molecular complexity index is 508. The number of carbonyl (C=O) groups is 2. The summed E-state index contributed by atoms with van der Waals surface area (Å²) >= 11 is 0. The van der Waals surface area contributed by atoms with E-state index in [1.165, 1.54) is 0 Å². The van der Waals surface area contributed by atoms with Crippen LogP contribution in [0.25, 0.3) is 0 Å². The smallest absolute Gasteiger partial charge is 0.296 e. The Morgan fingerprint density at radius 3 is 2.87 bits per heavy atom. The molecule has 0 saturated heterocycles. The summed E-state index contributed by atoms with van der Waals surface area (Å²) in [7, 11) is 0. The minimum atomic E-state index is -0.636. The van der Waals surface area contributed by atoms with E-state index >= 15 is 0 Å². The lowest BCUT2D eigenvalue weighted by atomic mass is 10.0. The lowest BCUT2D eigenvalue weighted by Gasteiger charge is -1.97. The van der Waals surface area contributed by atoms with Crippen molar-refractivity contribution in [3.8, 4) is 11.8 Å². The lowest BCUT2D eigenvalue weighted by molar-refractivity contribution is -0.112. The first-order valence-electron chi connectivity index (χ1n) is 4.32. The second-order valence-corrected chi connectivity index (χ2v) is 2.97. The number of hydrogen-bond acceptors (Lipinski definition) is 3. The van der Waals surface area contributed by atoms with Crippen molar-refractivity contribution in [2.24, 2.45) is 0 Å². The van der Waals surface area contributed by atoms with Gasteiger partial charge in [-0.1, -0.05) is 17.9 Å². The zero-order valence-corrected chi connectivity index (χ0v) is 7.70. The Labute approximate surface area is 85.9 Å². The highest BCUT2D eigenvalue weighted by Crippen LogP contribution is 2.25. The van der Waals surface area contributed by atoms with E-state index in [4.69, 9.17) is 5.11 Å². The quantitative estimate of drug-likeness (QED) is 0.464. The van der Waals surface area contributed by atoms with Gasteiger partial charge in [-0.25, -0.2) is 0 Å². The van der Waals surface area contributed by atoms with Gasteiger partial charge >= 0.3 is 0 Å². The number of hydrogen-bond donors (Lipinski definition) is 2. The topological polar surface area (TPSA) is 66.4 Å². The van der Waals surface area contributed by atoms with Crippen LogP contribution < -0.4 is 5.32 Å². The highest BCUT2D eigenvalue weighted by Gasteiger charge is 2.29. The first-order valence-corrected chi connectivity index (χ1v) is 4.32. The number of carbonyl (C=O) groups excluding carboxylic acids is 2. The van der Waals surface area contributed by atoms with Crippen LogP contribution in [-0.2, 0) is 4.79 Å². The Morgan fingerprint density at radius 1 is 1.33 bits per heavy atom. The molecule has 4 nitrogen and oxygen atoms in total. The highest BCUT2D eigenvalue weighted by atomic mass is 16.2. The van der Waals surface area contributed by atoms with Gasteiger partial charge in [-0.2, -0.15) is 0 Å². The molecule has 2 N–H and O–H groups in total. The molecule has 0 aromatic heterocycles. The number of aliphatic hydroxyl groups excluding tert-OH is 1. The third-order valence-corrected chi connectivity index (χ3v) is 2.05. The molecule has 1 aromatic carbocycles. The van der Waals surface area contributed by atoms with Crippen LogP contribution in [0.2, 0.25) is 0 Å². The number of aliphatic hydroxyl groups is 1. The normalized spacial score (nSPS) is 12.9. The lowest BCUT2D eigenvalue weighted by Crippen LogP contribution is -2.12. The number of anilines is 1. The van der Waals surface area contributed by atoms with Crippen molar-refractivity contribution in [3.63, 3.8) is 0 Å². The number of fused-ring (bicyclic) bond motifs is 1. The molecule has 2 rings (SSSR count). The van der Waals surface area contributed by atoms with E-state index in [2.05, 4.69) is 17.2 Å². The molecule has 0 atom stereocenters. The van der Waals surface area contributed by atoms with Crippen LogP contribution in [0.5, 0.6) is 0 Å². The van der Waals surface area contributed by atoms with Crippen LogP contribution in [0.15, 0.2) is 18.2 Å². The summed E-state index contributed by atoms with van der Waals surface area (Å²) in [6.07, 6.45) is 0. The van der Waals surface area contributed by atoms with Gasteiger partial charge in [-0.05, 0) is 12.1 Å². The minimum absolute atomic E-state index is 0.279. The van der Waals surface area contributed by atoms with Crippen molar-refractivity contribution in [2.45, 2.75) is 0 Å². The Hall–Kier alpha value is -2.12. The molecule has 0 spiro atoms. The fraction of sp³-hybridized carbons (Fsp3) is 0.0909. The summed E-state index contributed by atoms with van der Waals surface area (Å²) in [5, 5.41) is 11.0. The molecule has 0 aliphatic carbocycles. The molecule has 1 aliphatic rings. The fourth-order valence-corrected chi connectivity index (χ4v) is 1.43. The van der Waals surface area contributed by atoms with Gasteiger partial charge in [-0.3, -0.25) is 9.59 Å². The maximum absolute atomic E-state index is 11.4. The van der Waals surface area contributed by atoms with E-state index in [0.29, 0.717) is 16.8 Å². The van der Waals surface area contributed by atoms with E-state index < -0.39 is 11.7 Å². The molecule has 1 aliphatic heterocycles. The van der Waals surface area contributed by atoms with Gasteiger partial charge in [0.25, 0.3) is 11.7 Å². The van der Waals surface area contributed by atoms with Gasteiger partial charge in [0.15, 0.2) is 0 Å². The first-order chi connectivity index (χ1) is 7.24. The van der Waals surface area contributed by atoms with Crippen molar-refractivity contribution < 1.29 is 14.7 Å². The van der Waals surface area contributed by atoms with Crippen LogP contribution >= 0.6 is 0 Å². The Kier molecular flexibility index (Phi) is 2.24. The molecule has 0 unspecified atom stereocenters. The van der Waals surface area contributed by atoms with Gasteiger partial charge in [0.1, 0.15) is 6.61 Å². The molecule has 1 aromatic rings. The average molecular weight is 201 g/mol. The summed E-state index contributed by atoms with van der Waals surface area (Å²) in [4.78, 5) is 22.5. The molecule has 15 heavy (non-hydrogen) atoms. The number of amides is 1. The Balaban J connectivity index is 2.57.